The molecule has 1 rings (SSSR count). The zero-order chi connectivity index (χ0) is 10.7. The van der Waals surface area contributed by atoms with Gasteiger partial charge < -0.3 is 14.9 Å². The number of ether oxygens (including phenoxy) is 1. The molecule has 0 saturated carbocycles. The minimum atomic E-state index is -0.763. The fourth-order valence-corrected chi connectivity index (χ4v) is 1.38. The number of methoxy groups -OCH3 is 1. The van der Waals surface area contributed by atoms with Crippen LogP contribution in [-0.2, 0) is 10.1 Å². The largest absolute Gasteiger partial charge is 0.507 e. The highest BCUT2D eigenvalue weighted by Gasteiger charge is 2.17. The number of alkyl halides is 1. The number of carbonyl (C=O) groups excluding carboxylic acids is 1. The number of rotatable bonds is 2. The molecule has 14 heavy (non-hydrogen) atoms. The van der Waals surface area contributed by atoms with Gasteiger partial charge in [0.05, 0.1) is 7.11 Å². The van der Waals surface area contributed by atoms with Gasteiger partial charge in [-0.2, -0.15) is 0 Å². The maximum atomic E-state index is 11.1. The third kappa shape index (κ3) is 1.98. The number of phenolic OH excluding ortho intramolecular Hbond substituents is 2. The molecule has 0 unspecified atom stereocenters. The first kappa shape index (κ1) is 10.8. The molecule has 0 spiro atoms. The van der Waals surface area contributed by atoms with Crippen LogP contribution >= 0.6 is 15.9 Å². The summed E-state index contributed by atoms with van der Waals surface area (Å²) in [6.45, 7) is 0. The highest BCUT2D eigenvalue weighted by atomic mass is 79.9. The van der Waals surface area contributed by atoms with Gasteiger partial charge in [-0.05, 0) is 17.7 Å². The van der Waals surface area contributed by atoms with Crippen molar-refractivity contribution in [3.05, 3.63) is 23.3 Å². The van der Waals surface area contributed by atoms with Crippen molar-refractivity contribution < 1.29 is 19.7 Å². The Balaban J connectivity index is 3.25. The Kier molecular flexibility index (Phi) is 3.35. The molecule has 1 aromatic carbocycles. The number of hydrogen-bond donors (Lipinski definition) is 2. The van der Waals surface area contributed by atoms with Crippen LogP contribution in [0.4, 0.5) is 0 Å². The van der Waals surface area contributed by atoms with Crippen LogP contribution in [0.2, 0.25) is 0 Å². The quantitative estimate of drug-likeness (QED) is 0.629. The highest BCUT2D eigenvalue weighted by molar-refractivity contribution is 9.08. The second-order valence-corrected chi connectivity index (χ2v) is 3.20. The molecule has 1 aromatic rings. The molecule has 0 radical (unpaired) electrons. The molecule has 2 N–H and O–H groups in total. The van der Waals surface area contributed by atoms with Gasteiger partial charge in [-0.25, -0.2) is 4.79 Å². The van der Waals surface area contributed by atoms with Gasteiger partial charge in [0.15, 0.2) is 0 Å². The molecule has 0 amide bonds. The van der Waals surface area contributed by atoms with E-state index in [0.29, 0.717) is 10.9 Å². The van der Waals surface area contributed by atoms with Crippen LogP contribution in [0.5, 0.6) is 11.5 Å². The van der Waals surface area contributed by atoms with E-state index in [1.54, 1.807) is 0 Å². The number of phenols is 2. The SMILES string of the molecule is COC(=O)c1c(O)cc(CBr)cc1O. The number of hydrogen-bond acceptors (Lipinski definition) is 4. The molecule has 76 valence electrons. The lowest BCUT2D eigenvalue weighted by atomic mass is 10.1. The summed E-state index contributed by atoms with van der Waals surface area (Å²) in [4.78, 5) is 11.1. The van der Waals surface area contributed by atoms with E-state index in [0.717, 1.165) is 0 Å². The molecule has 0 saturated heterocycles. The Hall–Kier alpha value is -1.23. The maximum absolute atomic E-state index is 11.1. The molecular weight excluding hydrogens is 252 g/mol. The number of benzene rings is 1. The minimum Gasteiger partial charge on any atom is -0.507 e. The Labute approximate surface area is 89.3 Å². The summed E-state index contributed by atoms with van der Waals surface area (Å²) in [7, 11) is 1.18. The second-order valence-electron chi connectivity index (χ2n) is 2.63. The van der Waals surface area contributed by atoms with Gasteiger partial charge in [0.25, 0.3) is 0 Å². The number of halogens is 1. The summed E-state index contributed by atoms with van der Waals surface area (Å²) in [5.41, 5.74) is 0.463. The van der Waals surface area contributed by atoms with Crippen molar-refractivity contribution in [2.24, 2.45) is 0 Å². The summed E-state index contributed by atoms with van der Waals surface area (Å²) in [6.07, 6.45) is 0. The molecule has 0 atom stereocenters. The van der Waals surface area contributed by atoms with Crippen molar-refractivity contribution in [2.75, 3.05) is 7.11 Å². The zero-order valence-electron chi connectivity index (χ0n) is 7.45. The minimum absolute atomic E-state index is 0.211. The van der Waals surface area contributed by atoms with E-state index < -0.39 is 5.97 Å². The molecule has 0 aromatic heterocycles. The molecule has 0 heterocycles. The lowest BCUT2D eigenvalue weighted by Gasteiger charge is -2.06. The first-order chi connectivity index (χ1) is 6.60. The molecule has 0 fully saturated rings. The average molecular weight is 261 g/mol. The summed E-state index contributed by atoms with van der Waals surface area (Å²) >= 11 is 3.17. The van der Waals surface area contributed by atoms with Crippen molar-refractivity contribution in [1.29, 1.82) is 0 Å². The van der Waals surface area contributed by atoms with Crippen LogP contribution < -0.4 is 0 Å². The van der Waals surface area contributed by atoms with E-state index in [4.69, 9.17) is 0 Å². The van der Waals surface area contributed by atoms with Gasteiger partial charge in [-0.1, -0.05) is 15.9 Å². The molecule has 0 aliphatic rings. The van der Waals surface area contributed by atoms with E-state index in [-0.39, 0.29) is 17.1 Å². The monoisotopic (exact) mass is 260 g/mol. The van der Waals surface area contributed by atoms with Crippen LogP contribution in [0.25, 0.3) is 0 Å². The lowest BCUT2D eigenvalue weighted by Crippen LogP contribution is -2.02. The van der Waals surface area contributed by atoms with Crippen molar-refractivity contribution in [2.45, 2.75) is 5.33 Å². The fraction of sp³-hybridized carbons (Fsp3) is 0.222. The van der Waals surface area contributed by atoms with Gasteiger partial charge in [0.2, 0.25) is 0 Å². The van der Waals surface area contributed by atoms with Crippen LogP contribution in [-0.4, -0.2) is 23.3 Å². The van der Waals surface area contributed by atoms with E-state index in [1.165, 1.54) is 19.2 Å². The Morgan fingerprint density at radius 1 is 1.43 bits per heavy atom. The summed E-state index contributed by atoms with van der Waals surface area (Å²) in [5.74, 6) is -1.33. The number of carbonyl (C=O) groups is 1. The fourth-order valence-electron chi connectivity index (χ4n) is 1.06. The molecule has 0 aliphatic heterocycles. The normalized spacial score (nSPS) is 9.86. The third-order valence-electron chi connectivity index (χ3n) is 1.70. The molecule has 0 bridgehead atoms. The van der Waals surface area contributed by atoms with Gasteiger partial charge >= 0.3 is 5.97 Å². The topological polar surface area (TPSA) is 66.8 Å². The van der Waals surface area contributed by atoms with E-state index >= 15 is 0 Å². The van der Waals surface area contributed by atoms with Crippen LogP contribution in [0, 0.1) is 0 Å². The summed E-state index contributed by atoms with van der Waals surface area (Å²) in [6, 6.07) is 2.78. The second kappa shape index (κ2) is 4.32. The number of esters is 1. The van der Waals surface area contributed by atoms with E-state index in [9.17, 15) is 15.0 Å². The van der Waals surface area contributed by atoms with Crippen molar-refractivity contribution >= 4 is 21.9 Å². The number of aromatic hydroxyl groups is 2. The third-order valence-corrected chi connectivity index (χ3v) is 2.35. The highest BCUT2D eigenvalue weighted by Crippen LogP contribution is 2.30. The van der Waals surface area contributed by atoms with Crippen LogP contribution in [0.1, 0.15) is 15.9 Å². The average Bonchev–Trinajstić information content (AvgIpc) is 2.16. The predicted octanol–water partition coefficient (Wildman–Crippen LogP) is 1.78. The van der Waals surface area contributed by atoms with Gasteiger partial charge in [0.1, 0.15) is 17.1 Å². The summed E-state index contributed by atoms with van der Waals surface area (Å²) in [5, 5.41) is 19.3. The first-order valence-electron chi connectivity index (χ1n) is 3.79. The predicted molar refractivity (Wildman–Crippen MR) is 53.7 cm³/mol. The van der Waals surface area contributed by atoms with Crippen LogP contribution in [0.15, 0.2) is 12.1 Å². The van der Waals surface area contributed by atoms with Gasteiger partial charge in [0, 0.05) is 5.33 Å². The molecule has 5 heteroatoms. The molecular formula is C9H9BrO4. The first-order valence-corrected chi connectivity index (χ1v) is 4.91. The van der Waals surface area contributed by atoms with Crippen molar-refractivity contribution in [3.8, 4) is 11.5 Å². The van der Waals surface area contributed by atoms with Gasteiger partial charge in [-0.15, -0.1) is 0 Å². The Morgan fingerprint density at radius 3 is 2.29 bits per heavy atom. The molecule has 0 aliphatic carbocycles. The Bertz CT molecular complexity index is 339. The zero-order valence-corrected chi connectivity index (χ0v) is 9.04. The Morgan fingerprint density at radius 2 is 1.93 bits per heavy atom. The lowest BCUT2D eigenvalue weighted by molar-refractivity contribution is 0.0594. The summed E-state index contributed by atoms with van der Waals surface area (Å²) < 4.78 is 4.40. The van der Waals surface area contributed by atoms with E-state index in [1.807, 2.05) is 0 Å². The van der Waals surface area contributed by atoms with E-state index in [2.05, 4.69) is 20.7 Å². The van der Waals surface area contributed by atoms with Crippen LogP contribution in [0.3, 0.4) is 0 Å². The maximum Gasteiger partial charge on any atom is 0.345 e. The standard InChI is InChI=1S/C9H9BrO4/c1-14-9(13)8-6(11)2-5(4-10)3-7(8)12/h2-3,11-12H,4H2,1H3. The molecule has 4 nitrogen and oxygen atoms in total. The van der Waals surface area contributed by atoms with Crippen molar-refractivity contribution in [3.63, 3.8) is 0 Å². The van der Waals surface area contributed by atoms with Gasteiger partial charge in [-0.3, -0.25) is 0 Å². The van der Waals surface area contributed by atoms with Crippen molar-refractivity contribution in [1.82, 2.24) is 0 Å². The smallest absolute Gasteiger partial charge is 0.345 e.